The van der Waals surface area contributed by atoms with Gasteiger partial charge in [0.15, 0.2) is 0 Å². The van der Waals surface area contributed by atoms with Crippen LogP contribution in [0.3, 0.4) is 0 Å². The van der Waals surface area contributed by atoms with Gasteiger partial charge in [-0.25, -0.2) is 0 Å². The summed E-state index contributed by atoms with van der Waals surface area (Å²) in [6.45, 7) is 4.25. The molecule has 3 fully saturated rings. The fourth-order valence-electron chi connectivity index (χ4n) is 4.21. The SMILES string of the molecule is CC(C)C1NC(C2CCCC2)N(C2CCS(=O)CC2)C1=O. The van der Waals surface area contributed by atoms with E-state index in [1.165, 1.54) is 25.7 Å². The van der Waals surface area contributed by atoms with Crippen LogP contribution in [0.25, 0.3) is 0 Å². The number of carbonyl (C=O) groups excluding carboxylic acids is 1. The third-order valence-corrected chi connectivity index (χ3v) is 6.82. The summed E-state index contributed by atoms with van der Waals surface area (Å²) >= 11 is 0. The van der Waals surface area contributed by atoms with Crippen molar-refractivity contribution in [3.63, 3.8) is 0 Å². The van der Waals surface area contributed by atoms with Gasteiger partial charge in [-0.1, -0.05) is 26.7 Å². The Labute approximate surface area is 130 Å². The van der Waals surface area contributed by atoms with Crippen molar-refractivity contribution < 1.29 is 9.00 Å². The average molecular weight is 312 g/mol. The van der Waals surface area contributed by atoms with Crippen LogP contribution >= 0.6 is 0 Å². The van der Waals surface area contributed by atoms with Crippen LogP contribution in [0.1, 0.15) is 52.4 Å². The van der Waals surface area contributed by atoms with E-state index in [2.05, 4.69) is 24.1 Å². The largest absolute Gasteiger partial charge is 0.322 e. The molecule has 5 heteroatoms. The van der Waals surface area contributed by atoms with Gasteiger partial charge in [-0.15, -0.1) is 0 Å². The van der Waals surface area contributed by atoms with Crippen molar-refractivity contribution in [3.05, 3.63) is 0 Å². The van der Waals surface area contributed by atoms with Gasteiger partial charge in [-0.3, -0.25) is 14.3 Å². The summed E-state index contributed by atoms with van der Waals surface area (Å²) in [5.41, 5.74) is 0. The molecule has 1 aliphatic carbocycles. The molecule has 1 N–H and O–H groups in total. The van der Waals surface area contributed by atoms with Crippen LogP contribution in [0.2, 0.25) is 0 Å². The normalized spacial score (nSPS) is 38.6. The highest BCUT2D eigenvalue weighted by atomic mass is 32.2. The molecular weight excluding hydrogens is 284 g/mol. The molecule has 2 unspecified atom stereocenters. The molecule has 4 nitrogen and oxygen atoms in total. The Morgan fingerprint density at radius 2 is 1.76 bits per heavy atom. The molecule has 1 saturated carbocycles. The smallest absolute Gasteiger partial charge is 0.241 e. The zero-order valence-corrected chi connectivity index (χ0v) is 14.0. The third-order valence-electron chi connectivity index (χ3n) is 5.43. The summed E-state index contributed by atoms with van der Waals surface area (Å²) < 4.78 is 11.6. The van der Waals surface area contributed by atoms with E-state index in [0.29, 0.717) is 23.8 Å². The maximum absolute atomic E-state index is 12.9. The van der Waals surface area contributed by atoms with Gasteiger partial charge in [-0.2, -0.15) is 0 Å². The molecule has 0 bridgehead atoms. The number of amides is 1. The minimum atomic E-state index is -0.661. The van der Waals surface area contributed by atoms with Crippen molar-refractivity contribution in [1.29, 1.82) is 0 Å². The van der Waals surface area contributed by atoms with Crippen molar-refractivity contribution in [2.45, 2.75) is 70.6 Å². The van der Waals surface area contributed by atoms with Gasteiger partial charge in [0.05, 0.1) is 12.2 Å². The second kappa shape index (κ2) is 6.37. The van der Waals surface area contributed by atoms with Crippen LogP contribution in [-0.4, -0.2) is 44.8 Å². The second-order valence-corrected chi connectivity index (χ2v) is 8.90. The number of hydrogen-bond acceptors (Lipinski definition) is 3. The molecule has 3 rings (SSSR count). The molecular formula is C16H28N2O2S. The molecule has 120 valence electrons. The molecule has 21 heavy (non-hydrogen) atoms. The van der Waals surface area contributed by atoms with Crippen molar-refractivity contribution >= 4 is 16.7 Å². The van der Waals surface area contributed by atoms with E-state index in [-0.39, 0.29) is 12.2 Å². The lowest BCUT2D eigenvalue weighted by atomic mass is 10.0. The highest BCUT2D eigenvalue weighted by Gasteiger charge is 2.47. The summed E-state index contributed by atoms with van der Waals surface area (Å²) in [7, 11) is -0.661. The molecule has 3 aliphatic rings. The Balaban J connectivity index is 1.78. The van der Waals surface area contributed by atoms with Crippen molar-refractivity contribution in [2.75, 3.05) is 11.5 Å². The lowest BCUT2D eigenvalue weighted by Gasteiger charge is -2.37. The van der Waals surface area contributed by atoms with Crippen molar-refractivity contribution in [1.82, 2.24) is 10.2 Å². The summed E-state index contributed by atoms with van der Waals surface area (Å²) in [5.74, 6) is 2.77. The zero-order valence-electron chi connectivity index (χ0n) is 13.2. The lowest BCUT2D eigenvalue weighted by Crippen LogP contribution is -2.50. The van der Waals surface area contributed by atoms with Crippen molar-refractivity contribution in [2.24, 2.45) is 11.8 Å². The van der Waals surface area contributed by atoms with Gasteiger partial charge in [0.2, 0.25) is 5.91 Å². The van der Waals surface area contributed by atoms with Gasteiger partial charge >= 0.3 is 0 Å². The maximum atomic E-state index is 12.9. The molecule has 1 amide bonds. The predicted octanol–water partition coefficient (Wildman–Crippen LogP) is 1.87. The lowest BCUT2D eigenvalue weighted by molar-refractivity contribution is -0.133. The monoisotopic (exact) mass is 312 g/mol. The van der Waals surface area contributed by atoms with E-state index in [4.69, 9.17) is 0 Å². The topological polar surface area (TPSA) is 49.4 Å². The first-order valence-corrected chi connectivity index (χ1v) is 10.00. The van der Waals surface area contributed by atoms with E-state index in [9.17, 15) is 9.00 Å². The summed E-state index contributed by atoms with van der Waals surface area (Å²) in [5, 5.41) is 3.64. The minimum absolute atomic E-state index is 0.0250. The highest BCUT2D eigenvalue weighted by molar-refractivity contribution is 7.85. The van der Waals surface area contributed by atoms with E-state index in [1.807, 2.05) is 0 Å². The Hall–Kier alpha value is -0.420. The first-order valence-electron chi connectivity index (χ1n) is 8.51. The van der Waals surface area contributed by atoms with Crippen LogP contribution < -0.4 is 5.32 Å². The van der Waals surface area contributed by atoms with Crippen molar-refractivity contribution in [3.8, 4) is 0 Å². The molecule has 0 aromatic heterocycles. The number of carbonyl (C=O) groups is 1. The van der Waals surface area contributed by atoms with E-state index in [0.717, 1.165) is 24.3 Å². The second-order valence-electron chi connectivity index (χ2n) is 7.20. The predicted molar refractivity (Wildman–Crippen MR) is 85.3 cm³/mol. The highest BCUT2D eigenvalue weighted by Crippen LogP contribution is 2.35. The van der Waals surface area contributed by atoms with E-state index < -0.39 is 10.8 Å². The number of hydrogen-bond donors (Lipinski definition) is 1. The summed E-state index contributed by atoms with van der Waals surface area (Å²) in [4.78, 5) is 15.0. The first kappa shape index (κ1) is 15.5. The summed E-state index contributed by atoms with van der Waals surface area (Å²) in [6, 6.07) is 0.278. The number of rotatable bonds is 3. The Morgan fingerprint density at radius 3 is 2.33 bits per heavy atom. The van der Waals surface area contributed by atoms with Crippen LogP contribution in [-0.2, 0) is 15.6 Å². The van der Waals surface area contributed by atoms with E-state index in [1.54, 1.807) is 0 Å². The van der Waals surface area contributed by atoms with Gasteiger partial charge in [0, 0.05) is 28.3 Å². The standard InChI is InChI=1S/C16H28N2O2S/c1-11(2)14-16(19)18(13-7-9-21(20)10-8-13)15(17-14)12-5-3-4-6-12/h11-15,17H,3-10H2,1-2H3. The van der Waals surface area contributed by atoms with Gasteiger partial charge in [-0.05, 0) is 37.5 Å². The summed E-state index contributed by atoms with van der Waals surface area (Å²) in [6.07, 6.45) is 7.12. The molecule has 0 radical (unpaired) electrons. The number of nitrogens with one attached hydrogen (secondary N) is 1. The van der Waals surface area contributed by atoms with Crippen LogP contribution in [0, 0.1) is 11.8 Å². The Morgan fingerprint density at radius 1 is 1.14 bits per heavy atom. The zero-order chi connectivity index (χ0) is 15.0. The molecule has 2 atom stereocenters. The molecule has 0 aromatic rings. The molecule has 2 saturated heterocycles. The molecule has 2 heterocycles. The van der Waals surface area contributed by atoms with Gasteiger partial charge in [0.1, 0.15) is 0 Å². The average Bonchev–Trinajstić information content (AvgIpc) is 3.07. The maximum Gasteiger partial charge on any atom is 0.241 e. The van der Waals surface area contributed by atoms with E-state index >= 15 is 0 Å². The number of nitrogens with zero attached hydrogens (tertiary/aromatic N) is 1. The van der Waals surface area contributed by atoms with Gasteiger partial charge < -0.3 is 4.90 Å². The molecule has 0 spiro atoms. The Bertz CT molecular complexity index is 411. The molecule has 2 aliphatic heterocycles. The Kier molecular flexibility index (Phi) is 4.69. The minimum Gasteiger partial charge on any atom is -0.322 e. The van der Waals surface area contributed by atoms with Crippen LogP contribution in [0.4, 0.5) is 0 Å². The van der Waals surface area contributed by atoms with Crippen LogP contribution in [0.15, 0.2) is 0 Å². The van der Waals surface area contributed by atoms with Gasteiger partial charge in [0.25, 0.3) is 0 Å². The fraction of sp³-hybridized carbons (Fsp3) is 0.938. The fourth-order valence-corrected chi connectivity index (χ4v) is 5.49. The third kappa shape index (κ3) is 3.04. The molecule has 0 aromatic carbocycles. The quantitative estimate of drug-likeness (QED) is 0.865. The van der Waals surface area contributed by atoms with Crippen LogP contribution in [0.5, 0.6) is 0 Å². The first-order chi connectivity index (χ1) is 10.1.